The minimum atomic E-state index is 0.290. The average Bonchev–Trinajstić information content (AvgIpc) is 3.45. The minimum absolute atomic E-state index is 0.290. The van der Waals surface area contributed by atoms with Gasteiger partial charge in [-0.05, 0) is 43.5 Å². The second kappa shape index (κ2) is 6.78. The summed E-state index contributed by atoms with van der Waals surface area (Å²) in [6.45, 7) is 1.14. The van der Waals surface area contributed by atoms with Crippen LogP contribution in [-0.4, -0.2) is 39.7 Å². The Morgan fingerprint density at radius 2 is 2.04 bits per heavy atom. The molecule has 2 aliphatic heterocycles. The maximum atomic E-state index is 5.60. The van der Waals surface area contributed by atoms with E-state index in [4.69, 9.17) is 14.2 Å². The van der Waals surface area contributed by atoms with E-state index in [1.165, 1.54) is 18.4 Å². The number of hydrogen-bond donors (Lipinski definition) is 0. The number of pyridine rings is 1. The molecule has 0 unspecified atom stereocenters. The van der Waals surface area contributed by atoms with Crippen LogP contribution < -0.4 is 4.74 Å². The Morgan fingerprint density at radius 3 is 2.89 bits per heavy atom. The highest BCUT2D eigenvalue weighted by Gasteiger charge is 2.46. The van der Waals surface area contributed by atoms with Gasteiger partial charge in [-0.2, -0.15) is 4.98 Å². The Kier molecular flexibility index (Phi) is 4.13. The van der Waals surface area contributed by atoms with Crippen molar-refractivity contribution in [3.63, 3.8) is 0 Å². The van der Waals surface area contributed by atoms with Crippen LogP contribution in [0, 0.1) is 0 Å². The number of fused-ring (bicyclic) bond motifs is 1. The van der Waals surface area contributed by atoms with Gasteiger partial charge in [-0.15, -0.1) is 0 Å². The molecular weight excluding hydrogens is 340 g/mol. The number of hydrogen-bond acceptors (Lipinski definition) is 6. The molecule has 0 radical (unpaired) electrons. The normalized spacial score (nSPS) is 24.9. The smallest absolute Gasteiger partial charge is 0.263 e. The third-order valence-electron chi connectivity index (χ3n) is 5.84. The molecule has 0 aliphatic carbocycles. The fraction of sp³-hybridized carbons (Fsp3) is 0.381. The standard InChI is InChI=1S/C21H22N4O2/c1-26-20-15(9-5-11-22-20)21-23-19(24-27-21)16-13-18(14-7-3-2-4-8-14)25-12-6-10-17(16)25/h2-5,7-9,11,16-18H,6,10,12-13H2,1H3/t16-,17+,18-/m0/s1. The molecule has 5 rings (SSSR count). The van der Waals surface area contributed by atoms with Crippen LogP contribution in [0.3, 0.4) is 0 Å². The second-order valence-electron chi connectivity index (χ2n) is 7.23. The zero-order valence-electron chi connectivity index (χ0n) is 15.3. The van der Waals surface area contributed by atoms with Crippen molar-refractivity contribution in [2.24, 2.45) is 0 Å². The van der Waals surface area contributed by atoms with Crippen LogP contribution in [0.5, 0.6) is 5.88 Å². The van der Waals surface area contributed by atoms with E-state index in [2.05, 4.69) is 45.4 Å². The van der Waals surface area contributed by atoms with Gasteiger partial charge in [0.15, 0.2) is 5.82 Å². The number of benzene rings is 1. The van der Waals surface area contributed by atoms with Gasteiger partial charge in [0, 0.05) is 24.2 Å². The predicted molar refractivity (Wildman–Crippen MR) is 100 cm³/mol. The molecule has 0 N–H and O–H groups in total. The minimum Gasteiger partial charge on any atom is -0.480 e. The van der Waals surface area contributed by atoms with Crippen molar-refractivity contribution in [3.05, 3.63) is 60.0 Å². The van der Waals surface area contributed by atoms with E-state index in [0.717, 1.165) is 24.4 Å². The highest BCUT2D eigenvalue weighted by Crippen LogP contribution is 2.48. The lowest BCUT2D eigenvalue weighted by atomic mass is 9.94. The highest BCUT2D eigenvalue weighted by molar-refractivity contribution is 5.59. The van der Waals surface area contributed by atoms with Gasteiger partial charge < -0.3 is 9.26 Å². The molecule has 4 heterocycles. The molecule has 0 spiro atoms. The van der Waals surface area contributed by atoms with E-state index in [-0.39, 0.29) is 5.92 Å². The van der Waals surface area contributed by atoms with Crippen molar-refractivity contribution in [1.82, 2.24) is 20.0 Å². The van der Waals surface area contributed by atoms with Crippen LogP contribution in [0.15, 0.2) is 53.2 Å². The van der Waals surface area contributed by atoms with Gasteiger partial charge in [-0.1, -0.05) is 35.5 Å². The first-order chi connectivity index (χ1) is 13.3. The van der Waals surface area contributed by atoms with Crippen LogP contribution in [0.2, 0.25) is 0 Å². The summed E-state index contributed by atoms with van der Waals surface area (Å²) in [5, 5.41) is 4.34. The maximum Gasteiger partial charge on any atom is 0.263 e. The number of ether oxygens (including phenoxy) is 1. The van der Waals surface area contributed by atoms with E-state index in [0.29, 0.717) is 23.9 Å². The van der Waals surface area contributed by atoms with Crippen molar-refractivity contribution < 1.29 is 9.26 Å². The molecule has 2 fully saturated rings. The largest absolute Gasteiger partial charge is 0.480 e. The summed E-state index contributed by atoms with van der Waals surface area (Å²) >= 11 is 0. The Hall–Kier alpha value is -2.73. The maximum absolute atomic E-state index is 5.60. The third-order valence-corrected chi connectivity index (χ3v) is 5.84. The summed E-state index contributed by atoms with van der Waals surface area (Å²) in [4.78, 5) is 11.6. The summed E-state index contributed by atoms with van der Waals surface area (Å²) in [6, 6.07) is 15.4. The van der Waals surface area contributed by atoms with E-state index >= 15 is 0 Å². The van der Waals surface area contributed by atoms with Crippen molar-refractivity contribution in [2.75, 3.05) is 13.7 Å². The molecule has 3 atom stereocenters. The molecule has 2 aliphatic rings. The van der Waals surface area contributed by atoms with Gasteiger partial charge in [0.25, 0.3) is 5.89 Å². The zero-order valence-corrected chi connectivity index (χ0v) is 15.3. The highest BCUT2D eigenvalue weighted by atomic mass is 16.5. The molecule has 138 valence electrons. The molecule has 6 nitrogen and oxygen atoms in total. The van der Waals surface area contributed by atoms with Crippen LogP contribution in [-0.2, 0) is 0 Å². The first kappa shape index (κ1) is 16.4. The molecule has 1 aromatic carbocycles. The first-order valence-corrected chi connectivity index (χ1v) is 9.49. The predicted octanol–water partition coefficient (Wildman–Crippen LogP) is 3.83. The summed E-state index contributed by atoms with van der Waals surface area (Å²) < 4.78 is 10.9. The number of aromatic nitrogens is 3. The van der Waals surface area contributed by atoms with Crippen molar-refractivity contribution >= 4 is 0 Å². The van der Waals surface area contributed by atoms with Gasteiger partial charge >= 0.3 is 0 Å². The molecule has 6 heteroatoms. The Labute approximate surface area is 158 Å². The van der Waals surface area contributed by atoms with Crippen LogP contribution >= 0.6 is 0 Å². The molecule has 3 aromatic rings. The van der Waals surface area contributed by atoms with Crippen molar-refractivity contribution in [3.8, 4) is 17.3 Å². The van der Waals surface area contributed by atoms with Crippen molar-refractivity contribution in [1.29, 1.82) is 0 Å². The first-order valence-electron chi connectivity index (χ1n) is 9.49. The fourth-order valence-corrected chi connectivity index (χ4v) is 4.66. The quantitative estimate of drug-likeness (QED) is 0.703. The summed E-state index contributed by atoms with van der Waals surface area (Å²) in [7, 11) is 1.60. The lowest BCUT2D eigenvalue weighted by molar-refractivity contribution is 0.243. The summed E-state index contributed by atoms with van der Waals surface area (Å²) in [5.74, 6) is 2.07. The summed E-state index contributed by atoms with van der Waals surface area (Å²) in [5.41, 5.74) is 2.11. The van der Waals surface area contributed by atoms with Gasteiger partial charge in [0.2, 0.25) is 5.88 Å². The monoisotopic (exact) mass is 362 g/mol. The molecule has 0 bridgehead atoms. The van der Waals surface area contributed by atoms with E-state index in [1.807, 2.05) is 12.1 Å². The number of methoxy groups -OCH3 is 1. The van der Waals surface area contributed by atoms with Crippen LogP contribution in [0.25, 0.3) is 11.5 Å². The van der Waals surface area contributed by atoms with Crippen LogP contribution in [0.1, 0.15) is 42.6 Å². The Bertz CT molecular complexity index is 927. The van der Waals surface area contributed by atoms with E-state index < -0.39 is 0 Å². The SMILES string of the molecule is COc1ncccc1-c1nc([C@H]2C[C@@H](c3ccccc3)N3CCC[C@H]23)no1. The third kappa shape index (κ3) is 2.80. The van der Waals surface area contributed by atoms with Crippen LogP contribution in [0.4, 0.5) is 0 Å². The topological polar surface area (TPSA) is 64.3 Å². The Balaban J connectivity index is 1.46. The number of nitrogens with zero attached hydrogens (tertiary/aromatic N) is 4. The average molecular weight is 362 g/mol. The zero-order chi connectivity index (χ0) is 18.2. The molecule has 0 saturated carbocycles. The Morgan fingerprint density at radius 1 is 1.15 bits per heavy atom. The lowest BCUT2D eigenvalue weighted by Gasteiger charge is -2.24. The molecule has 0 amide bonds. The van der Waals surface area contributed by atoms with Crippen molar-refractivity contribution in [2.45, 2.75) is 37.3 Å². The fourth-order valence-electron chi connectivity index (χ4n) is 4.66. The van der Waals surface area contributed by atoms with E-state index in [9.17, 15) is 0 Å². The number of rotatable bonds is 4. The molecule has 2 aromatic heterocycles. The summed E-state index contributed by atoms with van der Waals surface area (Å²) in [6.07, 6.45) is 5.13. The lowest BCUT2D eigenvalue weighted by Crippen LogP contribution is -2.27. The molecular formula is C21H22N4O2. The van der Waals surface area contributed by atoms with Gasteiger partial charge in [0.05, 0.1) is 7.11 Å². The van der Waals surface area contributed by atoms with Gasteiger partial charge in [-0.3, -0.25) is 4.90 Å². The van der Waals surface area contributed by atoms with Gasteiger partial charge in [0.1, 0.15) is 5.56 Å². The second-order valence-corrected chi connectivity index (χ2v) is 7.23. The molecule has 27 heavy (non-hydrogen) atoms. The van der Waals surface area contributed by atoms with Gasteiger partial charge in [-0.25, -0.2) is 4.98 Å². The molecule has 2 saturated heterocycles. The van der Waals surface area contributed by atoms with E-state index in [1.54, 1.807) is 13.3 Å².